The van der Waals surface area contributed by atoms with Crippen molar-refractivity contribution in [1.82, 2.24) is 0 Å². The Hall–Kier alpha value is -1.19. The molecule has 1 saturated carbocycles. The zero-order valence-corrected chi connectivity index (χ0v) is 13.0. The number of hydrogen-bond donors (Lipinski definition) is 0. The highest BCUT2D eigenvalue weighted by Gasteiger charge is 2.32. The van der Waals surface area contributed by atoms with Crippen molar-refractivity contribution >= 4 is 0 Å². The molecule has 0 atom stereocenters. The van der Waals surface area contributed by atoms with E-state index < -0.39 is 0 Å². The smallest absolute Gasteiger partial charge is 0.183 e. The van der Waals surface area contributed by atoms with Gasteiger partial charge in [0.05, 0.1) is 13.2 Å². The van der Waals surface area contributed by atoms with Crippen molar-refractivity contribution in [3.63, 3.8) is 0 Å². The fourth-order valence-electron chi connectivity index (χ4n) is 3.73. The van der Waals surface area contributed by atoms with E-state index in [1.165, 1.54) is 37.8 Å². The summed E-state index contributed by atoms with van der Waals surface area (Å²) >= 11 is 0. The lowest BCUT2D eigenvalue weighted by Crippen LogP contribution is -2.34. The summed E-state index contributed by atoms with van der Waals surface area (Å²) in [6.45, 7) is 5.34. The number of allylic oxidation sites excluding steroid dienone is 1. The third kappa shape index (κ3) is 3.76. The van der Waals surface area contributed by atoms with Gasteiger partial charge in [0, 0.05) is 11.5 Å². The molecule has 22 heavy (non-hydrogen) atoms. The van der Waals surface area contributed by atoms with Gasteiger partial charge in [-0.05, 0) is 56.1 Å². The molecule has 120 valence electrons. The second kappa shape index (κ2) is 7.38. The van der Waals surface area contributed by atoms with Crippen LogP contribution in [0.4, 0.5) is 4.39 Å². The molecule has 1 heterocycles. The Labute approximate surface area is 132 Å². The molecule has 3 rings (SSSR count). The molecule has 0 N–H and O–H groups in total. The lowest BCUT2D eigenvalue weighted by atomic mass is 9.75. The average Bonchev–Trinajstić information content (AvgIpc) is 2.57. The van der Waals surface area contributed by atoms with Gasteiger partial charge in [0.15, 0.2) is 6.29 Å². The first kappa shape index (κ1) is 15.7. The Bertz CT molecular complexity index is 469. The lowest BCUT2D eigenvalue weighted by Gasteiger charge is -2.37. The van der Waals surface area contributed by atoms with Gasteiger partial charge in [-0.15, -0.1) is 6.58 Å². The van der Waals surface area contributed by atoms with Gasteiger partial charge in [-0.25, -0.2) is 4.39 Å². The summed E-state index contributed by atoms with van der Waals surface area (Å²) in [5.41, 5.74) is 0.898. The van der Waals surface area contributed by atoms with Crippen LogP contribution in [0.2, 0.25) is 0 Å². The van der Waals surface area contributed by atoms with E-state index in [-0.39, 0.29) is 12.1 Å². The first-order chi connectivity index (χ1) is 10.8. The Morgan fingerprint density at radius 3 is 2.23 bits per heavy atom. The van der Waals surface area contributed by atoms with Crippen molar-refractivity contribution in [2.75, 3.05) is 13.2 Å². The predicted octanol–water partition coefficient (Wildman–Crippen LogP) is 4.87. The molecule has 1 saturated heterocycles. The maximum Gasteiger partial charge on any atom is 0.183 e. The fraction of sp³-hybridized carbons (Fsp3) is 0.579. The Morgan fingerprint density at radius 1 is 1.00 bits per heavy atom. The van der Waals surface area contributed by atoms with E-state index in [0.29, 0.717) is 5.92 Å². The van der Waals surface area contributed by atoms with Crippen LogP contribution in [0, 0.1) is 23.6 Å². The number of hydrogen-bond acceptors (Lipinski definition) is 2. The zero-order chi connectivity index (χ0) is 15.4. The van der Waals surface area contributed by atoms with Crippen molar-refractivity contribution in [3.8, 4) is 0 Å². The molecule has 1 aliphatic heterocycles. The van der Waals surface area contributed by atoms with Crippen molar-refractivity contribution in [1.29, 1.82) is 0 Å². The number of ether oxygens (including phenoxy) is 2. The minimum absolute atomic E-state index is 0.228. The van der Waals surface area contributed by atoms with Crippen LogP contribution >= 0.6 is 0 Å². The molecule has 3 heteroatoms. The van der Waals surface area contributed by atoms with Crippen LogP contribution in [0.5, 0.6) is 0 Å². The molecule has 0 spiro atoms. The maximum absolute atomic E-state index is 13.0. The Kier molecular flexibility index (Phi) is 5.27. The van der Waals surface area contributed by atoms with Gasteiger partial charge in [0.1, 0.15) is 5.82 Å². The van der Waals surface area contributed by atoms with Gasteiger partial charge in [0.2, 0.25) is 0 Å². The highest BCUT2D eigenvalue weighted by atomic mass is 19.1. The van der Waals surface area contributed by atoms with Crippen LogP contribution in [-0.2, 0) is 9.47 Å². The van der Waals surface area contributed by atoms with E-state index in [4.69, 9.17) is 9.47 Å². The van der Waals surface area contributed by atoms with E-state index in [0.717, 1.165) is 37.0 Å². The van der Waals surface area contributed by atoms with Crippen molar-refractivity contribution in [3.05, 3.63) is 48.3 Å². The third-order valence-corrected chi connectivity index (χ3v) is 5.12. The molecule has 2 nitrogen and oxygen atoms in total. The number of halogens is 1. The summed E-state index contributed by atoms with van der Waals surface area (Å²) in [5.74, 6) is 1.82. The maximum atomic E-state index is 13.0. The molecule has 0 aromatic heterocycles. The summed E-state index contributed by atoms with van der Waals surface area (Å²) < 4.78 is 24.7. The van der Waals surface area contributed by atoms with Crippen LogP contribution in [0.1, 0.15) is 44.0 Å². The summed E-state index contributed by atoms with van der Waals surface area (Å²) in [6.07, 6.45) is 8.01. The fourth-order valence-corrected chi connectivity index (χ4v) is 3.73. The lowest BCUT2D eigenvalue weighted by molar-refractivity contribution is -0.214. The molecule has 1 aromatic rings. The largest absolute Gasteiger partial charge is 0.348 e. The minimum Gasteiger partial charge on any atom is -0.348 e. The Balaban J connectivity index is 1.48. The van der Waals surface area contributed by atoms with E-state index >= 15 is 0 Å². The van der Waals surface area contributed by atoms with E-state index in [9.17, 15) is 4.39 Å². The second-order valence-corrected chi connectivity index (χ2v) is 6.62. The van der Waals surface area contributed by atoms with Gasteiger partial charge in [-0.3, -0.25) is 0 Å². The van der Waals surface area contributed by atoms with Crippen molar-refractivity contribution < 1.29 is 13.9 Å². The highest BCUT2D eigenvalue weighted by Crippen LogP contribution is 2.38. The molecule has 0 bridgehead atoms. The normalized spacial score (nSPS) is 32.6. The van der Waals surface area contributed by atoms with E-state index in [1.807, 2.05) is 6.08 Å². The van der Waals surface area contributed by atoms with Crippen LogP contribution in [0.15, 0.2) is 36.9 Å². The minimum atomic E-state index is -0.339. The van der Waals surface area contributed by atoms with E-state index in [2.05, 4.69) is 6.58 Å². The standard InChI is InChI=1S/C19H25FO2/c1-2-3-14-4-6-15(7-5-14)17-12-21-19(22-13-17)16-8-10-18(20)11-9-16/h2,8-11,14-15,17,19H,1,3-7,12-13H2. The van der Waals surface area contributed by atoms with Crippen molar-refractivity contribution in [2.45, 2.75) is 38.4 Å². The van der Waals surface area contributed by atoms with Crippen LogP contribution in [-0.4, -0.2) is 13.2 Å². The molecule has 1 aromatic carbocycles. The monoisotopic (exact) mass is 304 g/mol. The van der Waals surface area contributed by atoms with Crippen LogP contribution in [0.25, 0.3) is 0 Å². The molecule has 0 radical (unpaired) electrons. The second-order valence-electron chi connectivity index (χ2n) is 6.62. The predicted molar refractivity (Wildman–Crippen MR) is 84.8 cm³/mol. The molecule has 2 fully saturated rings. The topological polar surface area (TPSA) is 18.5 Å². The third-order valence-electron chi connectivity index (χ3n) is 5.12. The number of benzene rings is 1. The van der Waals surface area contributed by atoms with Gasteiger partial charge in [0.25, 0.3) is 0 Å². The van der Waals surface area contributed by atoms with Crippen LogP contribution < -0.4 is 0 Å². The summed E-state index contributed by atoms with van der Waals surface area (Å²) in [4.78, 5) is 0. The van der Waals surface area contributed by atoms with Gasteiger partial charge in [-0.2, -0.15) is 0 Å². The highest BCUT2D eigenvalue weighted by molar-refractivity contribution is 5.17. The molecule has 1 aliphatic carbocycles. The Morgan fingerprint density at radius 2 is 1.64 bits per heavy atom. The van der Waals surface area contributed by atoms with Gasteiger partial charge < -0.3 is 9.47 Å². The first-order valence-corrected chi connectivity index (χ1v) is 8.36. The van der Waals surface area contributed by atoms with Crippen LogP contribution in [0.3, 0.4) is 0 Å². The molecular weight excluding hydrogens is 279 g/mol. The molecule has 0 amide bonds. The SMILES string of the molecule is C=CCC1CCC(C2COC(c3ccc(F)cc3)OC2)CC1. The summed E-state index contributed by atoms with van der Waals surface area (Å²) in [6, 6.07) is 6.38. The first-order valence-electron chi connectivity index (χ1n) is 8.36. The summed E-state index contributed by atoms with van der Waals surface area (Å²) in [7, 11) is 0. The molecular formula is C19H25FO2. The summed E-state index contributed by atoms with van der Waals surface area (Å²) in [5, 5.41) is 0. The number of rotatable bonds is 4. The zero-order valence-electron chi connectivity index (χ0n) is 13.0. The van der Waals surface area contributed by atoms with Gasteiger partial charge >= 0.3 is 0 Å². The van der Waals surface area contributed by atoms with E-state index in [1.54, 1.807) is 12.1 Å². The van der Waals surface area contributed by atoms with Gasteiger partial charge in [-0.1, -0.05) is 18.2 Å². The molecule has 0 unspecified atom stereocenters. The van der Waals surface area contributed by atoms with Crippen molar-refractivity contribution in [2.24, 2.45) is 17.8 Å². The quantitative estimate of drug-likeness (QED) is 0.739. The average molecular weight is 304 g/mol. The molecule has 2 aliphatic rings.